The quantitative estimate of drug-likeness (QED) is 0.836. The van der Waals surface area contributed by atoms with E-state index in [1.165, 1.54) is 0 Å². The minimum Gasteiger partial charge on any atom is -0.489 e. The second-order valence-electron chi connectivity index (χ2n) is 4.75. The zero-order valence-corrected chi connectivity index (χ0v) is 12.6. The number of rotatable bonds is 7. The van der Waals surface area contributed by atoms with Crippen LogP contribution in [0.5, 0.6) is 5.75 Å². The normalized spacial score (nSPS) is 12.3. The number of halogens is 1. The topological polar surface area (TPSA) is 34.4 Å². The predicted octanol–water partition coefficient (Wildman–Crippen LogP) is 4.05. The standard InChI is InChI=1S/C16H20ClNO2/c1-3-13-9-14(6-7-16(13)17)20-12(2)10-18-11-15-5-4-8-19-15/h4-9,12,18H,3,10-11H2,1-2H3. The second-order valence-corrected chi connectivity index (χ2v) is 5.15. The molecule has 0 saturated carbocycles. The Labute approximate surface area is 124 Å². The minimum atomic E-state index is 0.0795. The Balaban J connectivity index is 1.80. The van der Waals surface area contributed by atoms with E-state index in [1.54, 1.807) is 6.26 Å². The van der Waals surface area contributed by atoms with Gasteiger partial charge in [-0.25, -0.2) is 0 Å². The maximum Gasteiger partial charge on any atom is 0.120 e. The molecular weight excluding hydrogens is 274 g/mol. The van der Waals surface area contributed by atoms with Crippen LogP contribution < -0.4 is 10.1 Å². The first-order valence-electron chi connectivity index (χ1n) is 6.87. The number of furan rings is 1. The summed E-state index contributed by atoms with van der Waals surface area (Å²) < 4.78 is 11.1. The molecule has 0 amide bonds. The highest BCUT2D eigenvalue weighted by molar-refractivity contribution is 6.31. The number of ether oxygens (including phenoxy) is 1. The van der Waals surface area contributed by atoms with E-state index in [0.717, 1.165) is 35.1 Å². The maximum atomic E-state index is 6.10. The Morgan fingerprint density at radius 3 is 2.90 bits per heavy atom. The van der Waals surface area contributed by atoms with Crippen molar-refractivity contribution in [1.29, 1.82) is 0 Å². The molecule has 1 unspecified atom stereocenters. The van der Waals surface area contributed by atoms with Gasteiger partial charge >= 0.3 is 0 Å². The molecule has 0 spiro atoms. The maximum absolute atomic E-state index is 6.10. The molecule has 1 aromatic heterocycles. The lowest BCUT2D eigenvalue weighted by atomic mass is 10.1. The van der Waals surface area contributed by atoms with Crippen molar-refractivity contribution in [2.75, 3.05) is 6.54 Å². The predicted molar refractivity (Wildman–Crippen MR) is 81.3 cm³/mol. The SMILES string of the molecule is CCc1cc(OC(C)CNCc2ccco2)ccc1Cl. The average molecular weight is 294 g/mol. The second kappa shape index (κ2) is 7.36. The number of benzene rings is 1. The highest BCUT2D eigenvalue weighted by atomic mass is 35.5. The largest absolute Gasteiger partial charge is 0.489 e. The lowest BCUT2D eigenvalue weighted by Gasteiger charge is -2.16. The van der Waals surface area contributed by atoms with Gasteiger partial charge in [0.15, 0.2) is 0 Å². The van der Waals surface area contributed by atoms with Crippen LogP contribution in [0.15, 0.2) is 41.0 Å². The van der Waals surface area contributed by atoms with Crippen molar-refractivity contribution in [3.63, 3.8) is 0 Å². The zero-order chi connectivity index (χ0) is 14.4. The lowest BCUT2D eigenvalue weighted by Crippen LogP contribution is -2.28. The summed E-state index contributed by atoms with van der Waals surface area (Å²) in [7, 11) is 0. The molecule has 0 saturated heterocycles. The van der Waals surface area contributed by atoms with Crippen LogP contribution in [0.3, 0.4) is 0 Å². The molecule has 1 aromatic carbocycles. The van der Waals surface area contributed by atoms with Gasteiger partial charge in [0.25, 0.3) is 0 Å². The van der Waals surface area contributed by atoms with Crippen molar-refractivity contribution < 1.29 is 9.15 Å². The van der Waals surface area contributed by atoms with Gasteiger partial charge in [0, 0.05) is 11.6 Å². The molecule has 0 bridgehead atoms. The van der Waals surface area contributed by atoms with E-state index in [-0.39, 0.29) is 6.10 Å². The summed E-state index contributed by atoms with van der Waals surface area (Å²) in [4.78, 5) is 0. The summed E-state index contributed by atoms with van der Waals surface area (Å²) in [6, 6.07) is 9.64. The molecule has 1 atom stereocenters. The summed E-state index contributed by atoms with van der Waals surface area (Å²) in [6.45, 7) is 5.58. The highest BCUT2D eigenvalue weighted by Gasteiger charge is 2.06. The Bertz CT molecular complexity index is 525. The van der Waals surface area contributed by atoms with Crippen molar-refractivity contribution in [3.8, 4) is 5.75 Å². The summed E-state index contributed by atoms with van der Waals surface area (Å²) in [5.74, 6) is 1.79. The van der Waals surface area contributed by atoms with Crippen LogP contribution in [-0.4, -0.2) is 12.6 Å². The summed E-state index contributed by atoms with van der Waals surface area (Å²) in [6.07, 6.45) is 2.66. The van der Waals surface area contributed by atoms with E-state index in [1.807, 2.05) is 37.3 Å². The van der Waals surface area contributed by atoms with Crippen LogP contribution in [0.25, 0.3) is 0 Å². The fourth-order valence-electron chi connectivity index (χ4n) is 1.98. The van der Waals surface area contributed by atoms with Crippen molar-refractivity contribution in [1.82, 2.24) is 5.32 Å². The third-order valence-corrected chi connectivity index (χ3v) is 3.42. The third-order valence-electron chi connectivity index (χ3n) is 3.05. The third kappa shape index (κ3) is 4.29. The molecule has 3 nitrogen and oxygen atoms in total. The smallest absolute Gasteiger partial charge is 0.120 e. The number of nitrogens with one attached hydrogen (secondary N) is 1. The molecule has 0 aliphatic heterocycles. The average Bonchev–Trinajstić information content (AvgIpc) is 2.94. The van der Waals surface area contributed by atoms with E-state index >= 15 is 0 Å². The molecule has 0 radical (unpaired) electrons. The summed E-state index contributed by atoms with van der Waals surface area (Å²) in [5, 5.41) is 4.10. The molecule has 4 heteroatoms. The molecule has 1 heterocycles. The zero-order valence-electron chi connectivity index (χ0n) is 11.9. The molecule has 0 aliphatic carbocycles. The Kier molecular flexibility index (Phi) is 5.50. The van der Waals surface area contributed by atoms with E-state index in [0.29, 0.717) is 6.54 Å². The van der Waals surface area contributed by atoms with Crippen molar-refractivity contribution >= 4 is 11.6 Å². The fraction of sp³-hybridized carbons (Fsp3) is 0.375. The Morgan fingerprint density at radius 1 is 1.35 bits per heavy atom. The van der Waals surface area contributed by atoms with Gasteiger partial charge in [-0.3, -0.25) is 0 Å². The first-order chi connectivity index (χ1) is 9.69. The van der Waals surface area contributed by atoms with Crippen molar-refractivity contribution in [3.05, 3.63) is 52.9 Å². The molecule has 20 heavy (non-hydrogen) atoms. The molecule has 2 aromatic rings. The van der Waals surface area contributed by atoms with Gasteiger partial charge in [0.1, 0.15) is 17.6 Å². The van der Waals surface area contributed by atoms with Crippen LogP contribution in [0.2, 0.25) is 5.02 Å². The van der Waals surface area contributed by atoms with Gasteiger partial charge in [-0.15, -0.1) is 0 Å². The Hall–Kier alpha value is -1.45. The van der Waals surface area contributed by atoms with Gasteiger partial charge in [-0.2, -0.15) is 0 Å². The van der Waals surface area contributed by atoms with Gasteiger partial charge in [-0.1, -0.05) is 18.5 Å². The van der Waals surface area contributed by atoms with Crippen LogP contribution in [-0.2, 0) is 13.0 Å². The Morgan fingerprint density at radius 2 is 2.20 bits per heavy atom. The molecule has 0 fully saturated rings. The first kappa shape index (κ1) is 14.9. The van der Waals surface area contributed by atoms with Gasteiger partial charge in [-0.05, 0) is 49.2 Å². The summed E-state index contributed by atoms with van der Waals surface area (Å²) in [5.41, 5.74) is 1.11. The number of aryl methyl sites for hydroxylation is 1. The van der Waals surface area contributed by atoms with Crippen LogP contribution in [0.1, 0.15) is 25.2 Å². The van der Waals surface area contributed by atoms with Gasteiger partial charge in [0.05, 0.1) is 12.8 Å². The fourth-order valence-corrected chi connectivity index (χ4v) is 2.23. The van der Waals surface area contributed by atoms with Crippen LogP contribution in [0, 0.1) is 0 Å². The molecule has 2 rings (SSSR count). The van der Waals surface area contributed by atoms with Crippen LogP contribution >= 0.6 is 11.6 Å². The van der Waals surface area contributed by atoms with Gasteiger partial charge < -0.3 is 14.5 Å². The minimum absolute atomic E-state index is 0.0795. The van der Waals surface area contributed by atoms with E-state index in [9.17, 15) is 0 Å². The van der Waals surface area contributed by atoms with E-state index in [4.69, 9.17) is 20.8 Å². The first-order valence-corrected chi connectivity index (χ1v) is 7.25. The molecular formula is C16H20ClNO2. The van der Waals surface area contributed by atoms with E-state index in [2.05, 4.69) is 12.2 Å². The molecule has 0 aliphatic rings. The van der Waals surface area contributed by atoms with Crippen molar-refractivity contribution in [2.45, 2.75) is 32.9 Å². The molecule has 108 valence electrons. The number of hydrogen-bond acceptors (Lipinski definition) is 3. The highest BCUT2D eigenvalue weighted by Crippen LogP contribution is 2.23. The number of hydrogen-bond donors (Lipinski definition) is 1. The van der Waals surface area contributed by atoms with Gasteiger partial charge in [0.2, 0.25) is 0 Å². The van der Waals surface area contributed by atoms with Crippen LogP contribution in [0.4, 0.5) is 0 Å². The van der Waals surface area contributed by atoms with E-state index < -0.39 is 0 Å². The molecule has 1 N–H and O–H groups in total. The van der Waals surface area contributed by atoms with Crippen molar-refractivity contribution in [2.24, 2.45) is 0 Å². The lowest BCUT2D eigenvalue weighted by molar-refractivity contribution is 0.215. The summed E-state index contributed by atoms with van der Waals surface area (Å²) >= 11 is 6.10. The monoisotopic (exact) mass is 293 g/mol.